The molecule has 0 radical (unpaired) electrons. The van der Waals surface area contributed by atoms with Crippen molar-refractivity contribution in [2.75, 3.05) is 0 Å². The molecule has 0 heterocycles. The highest BCUT2D eigenvalue weighted by atomic mass is 35.5. The molecule has 0 aromatic heterocycles. The molecule has 0 rings (SSSR count). The summed E-state index contributed by atoms with van der Waals surface area (Å²) in [7, 11) is 0. The number of carbonyl (C=O) groups is 1. The average molecular weight is 208 g/mol. The van der Waals surface area contributed by atoms with Crippen LogP contribution in [0.1, 0.15) is 0 Å². The predicted octanol–water partition coefficient (Wildman–Crippen LogP) is 1.91. The van der Waals surface area contributed by atoms with Crippen LogP contribution < -0.4 is 0 Å². The van der Waals surface area contributed by atoms with Gasteiger partial charge in [-0.05, 0) is 0 Å². The van der Waals surface area contributed by atoms with Crippen molar-refractivity contribution in [3.63, 3.8) is 0 Å². The van der Waals surface area contributed by atoms with Crippen LogP contribution in [0, 0.1) is 0 Å². The van der Waals surface area contributed by atoms with Gasteiger partial charge in [-0.1, -0.05) is 0 Å². The van der Waals surface area contributed by atoms with E-state index in [1.165, 1.54) is 0 Å². The van der Waals surface area contributed by atoms with E-state index in [1.54, 1.807) is 0 Å². The smallest absolute Gasteiger partial charge is 0.450 e. The highest BCUT2D eigenvalue weighted by Gasteiger charge is 1.70. The first kappa shape index (κ1) is 39.6. The lowest BCUT2D eigenvalue weighted by Gasteiger charge is -1.60. The Bertz CT molecular complexity index is 34.3. The summed E-state index contributed by atoms with van der Waals surface area (Å²) in [6.45, 7) is 0. The lowest BCUT2D eigenvalue weighted by atomic mass is 11.5. The molecule has 0 amide bonds. The molecule has 0 aliphatic heterocycles. The van der Waals surface area contributed by atoms with Crippen LogP contribution in [-0.2, 0) is 0 Å². The van der Waals surface area contributed by atoms with Crippen LogP contribution in [0.2, 0.25) is 0 Å². The van der Waals surface area contributed by atoms with Gasteiger partial charge >= 0.3 is 6.16 Å². The monoisotopic (exact) mass is 206 g/mol. The number of rotatable bonds is 0. The summed E-state index contributed by atoms with van der Waals surface area (Å²) < 4.78 is 0. The summed E-state index contributed by atoms with van der Waals surface area (Å²) in [6, 6.07) is 0. The molecular weight excluding hydrogens is 202 g/mol. The van der Waals surface area contributed by atoms with Crippen LogP contribution in [0.3, 0.4) is 0 Å². The molecule has 8 heavy (non-hydrogen) atoms. The fourth-order valence-corrected chi connectivity index (χ4v) is 0. The Balaban J connectivity index is -0.00000000750. The van der Waals surface area contributed by atoms with E-state index < -0.39 is 6.16 Å². The second-order valence-corrected chi connectivity index (χ2v) is 0.283. The first-order valence-corrected chi connectivity index (χ1v) is 0.651. The van der Waals surface area contributed by atoms with Crippen LogP contribution in [-0.4, -0.2) is 16.4 Å². The molecule has 0 bridgehead atoms. The summed E-state index contributed by atoms with van der Waals surface area (Å²) >= 11 is 0. The van der Waals surface area contributed by atoms with Crippen LogP contribution >= 0.6 is 49.6 Å². The molecule has 0 spiro atoms. The van der Waals surface area contributed by atoms with Crippen molar-refractivity contribution in [3.05, 3.63) is 0 Å². The molecule has 56 valence electrons. The summed E-state index contributed by atoms with van der Waals surface area (Å²) in [5.41, 5.74) is 0. The predicted molar refractivity (Wildman–Crippen MR) is 39.6 cm³/mol. The zero-order valence-corrected chi connectivity index (χ0v) is 6.70. The van der Waals surface area contributed by atoms with Crippen molar-refractivity contribution in [2.45, 2.75) is 0 Å². The van der Waals surface area contributed by atoms with Gasteiger partial charge in [0.15, 0.2) is 0 Å². The van der Waals surface area contributed by atoms with Gasteiger partial charge in [0.1, 0.15) is 0 Å². The van der Waals surface area contributed by atoms with E-state index in [0.717, 1.165) is 0 Å². The number of hydrogen-bond acceptors (Lipinski definition) is 1. The van der Waals surface area contributed by atoms with Crippen molar-refractivity contribution < 1.29 is 15.0 Å². The normalized spacial score (nSPS) is 3.00. The number of halogens is 4. The van der Waals surface area contributed by atoms with Crippen LogP contribution in [0.25, 0.3) is 0 Å². The third-order valence-electron chi connectivity index (χ3n) is 0. The molecule has 0 fully saturated rings. The maximum Gasteiger partial charge on any atom is 0.503 e. The Hall–Kier alpha value is 0.430. The summed E-state index contributed by atoms with van der Waals surface area (Å²) in [6.07, 6.45) is -1.83. The van der Waals surface area contributed by atoms with E-state index in [9.17, 15) is 0 Å². The van der Waals surface area contributed by atoms with Crippen LogP contribution in [0.5, 0.6) is 0 Å². The van der Waals surface area contributed by atoms with Gasteiger partial charge in [0.05, 0.1) is 0 Å². The number of carboxylic acid groups (broad SMARTS) is 2. The zero-order valence-electron chi connectivity index (χ0n) is 3.44. The van der Waals surface area contributed by atoms with Gasteiger partial charge in [0, 0.05) is 0 Å². The second kappa shape index (κ2) is 26.1. The maximum absolute atomic E-state index is 8.56. The molecule has 0 aromatic rings. The van der Waals surface area contributed by atoms with E-state index in [2.05, 4.69) is 0 Å². The molecule has 0 aliphatic rings. The Labute approximate surface area is 71.1 Å². The minimum absolute atomic E-state index is 0. The zero-order chi connectivity index (χ0) is 3.58. The molecule has 0 saturated heterocycles. The molecule has 2 N–H and O–H groups in total. The molecule has 0 saturated carbocycles. The Morgan fingerprint density at radius 3 is 0.875 bits per heavy atom. The van der Waals surface area contributed by atoms with Gasteiger partial charge in [-0.25, -0.2) is 4.79 Å². The van der Waals surface area contributed by atoms with Crippen molar-refractivity contribution in [2.24, 2.45) is 0 Å². The lowest BCUT2D eigenvalue weighted by molar-refractivity contribution is 0.137. The molecule has 7 heteroatoms. The minimum Gasteiger partial charge on any atom is -0.450 e. The fraction of sp³-hybridized carbons (Fsp3) is 0. The standard InChI is InChI=1S/CH2O3.4ClH/c2-1(3)4;;;;/h(H2,2,3,4);4*1H. The van der Waals surface area contributed by atoms with Gasteiger partial charge in [0.2, 0.25) is 0 Å². The average Bonchev–Trinajstić information content (AvgIpc) is 0.811. The summed E-state index contributed by atoms with van der Waals surface area (Å²) in [5, 5.41) is 13.9. The SMILES string of the molecule is Cl.Cl.Cl.Cl.O=C(O)O. The Morgan fingerprint density at radius 1 is 0.875 bits per heavy atom. The Morgan fingerprint density at radius 2 is 0.875 bits per heavy atom. The van der Waals surface area contributed by atoms with Gasteiger partial charge in [-0.15, -0.1) is 49.6 Å². The van der Waals surface area contributed by atoms with Crippen molar-refractivity contribution >= 4 is 55.8 Å². The van der Waals surface area contributed by atoms with Crippen LogP contribution in [0.4, 0.5) is 4.79 Å². The third kappa shape index (κ3) is 1030. The fourth-order valence-electron chi connectivity index (χ4n) is 0. The molecule has 0 atom stereocenters. The largest absolute Gasteiger partial charge is 0.503 e. The maximum atomic E-state index is 8.56. The van der Waals surface area contributed by atoms with Crippen molar-refractivity contribution in [1.29, 1.82) is 0 Å². The highest BCUT2D eigenvalue weighted by molar-refractivity contribution is 5.86. The van der Waals surface area contributed by atoms with Gasteiger partial charge in [0.25, 0.3) is 0 Å². The quantitative estimate of drug-likeness (QED) is 0.638. The second-order valence-electron chi connectivity index (χ2n) is 0.283. The molecular formula is CH6Cl4O3. The first-order chi connectivity index (χ1) is 1.73. The molecule has 0 aromatic carbocycles. The first-order valence-electron chi connectivity index (χ1n) is 0.651. The van der Waals surface area contributed by atoms with Crippen molar-refractivity contribution in [3.8, 4) is 0 Å². The van der Waals surface area contributed by atoms with E-state index >= 15 is 0 Å². The molecule has 3 nitrogen and oxygen atoms in total. The third-order valence-corrected chi connectivity index (χ3v) is 0. The highest BCUT2D eigenvalue weighted by Crippen LogP contribution is 1.42. The summed E-state index contributed by atoms with van der Waals surface area (Å²) in [4.78, 5) is 8.56. The minimum atomic E-state index is -1.83. The lowest BCUT2D eigenvalue weighted by Crippen LogP contribution is -1.81. The van der Waals surface area contributed by atoms with Gasteiger partial charge in [-0.3, -0.25) is 0 Å². The van der Waals surface area contributed by atoms with E-state index in [1.807, 2.05) is 0 Å². The van der Waals surface area contributed by atoms with Gasteiger partial charge < -0.3 is 10.2 Å². The van der Waals surface area contributed by atoms with E-state index in [0.29, 0.717) is 0 Å². The Kier molecular flexibility index (Phi) is 129. The number of hydrogen-bond donors (Lipinski definition) is 2. The summed E-state index contributed by atoms with van der Waals surface area (Å²) in [5.74, 6) is 0. The molecule has 0 unspecified atom stereocenters. The van der Waals surface area contributed by atoms with E-state index in [-0.39, 0.29) is 49.6 Å². The van der Waals surface area contributed by atoms with Crippen molar-refractivity contribution in [1.82, 2.24) is 0 Å². The van der Waals surface area contributed by atoms with Crippen LogP contribution in [0.15, 0.2) is 0 Å². The van der Waals surface area contributed by atoms with E-state index in [4.69, 9.17) is 15.0 Å². The van der Waals surface area contributed by atoms with Gasteiger partial charge in [-0.2, -0.15) is 0 Å². The topological polar surface area (TPSA) is 57.5 Å². The molecule has 0 aliphatic carbocycles.